The van der Waals surface area contributed by atoms with Crippen molar-refractivity contribution in [1.82, 2.24) is 9.13 Å². The molecule has 0 bridgehead atoms. The molecule has 1 aliphatic heterocycles. The second-order valence-electron chi connectivity index (χ2n) is 17.7. The Morgan fingerprint density at radius 3 is 1.52 bits per heavy atom. The lowest BCUT2D eigenvalue weighted by Crippen LogP contribution is -1.96. The highest BCUT2D eigenvalue weighted by Crippen LogP contribution is 2.48. The Morgan fingerprint density at radius 1 is 0.227 bits per heavy atom. The minimum atomic E-state index is 1.14. The first-order valence-electron chi connectivity index (χ1n) is 22.8. The smallest absolute Gasteiger partial charge is 0.0619 e. The fraction of sp³-hybridized carbons (Fsp3) is 0. The van der Waals surface area contributed by atoms with Gasteiger partial charge in [-0.2, -0.15) is 0 Å². The van der Waals surface area contributed by atoms with E-state index < -0.39 is 0 Å². The minimum Gasteiger partial charge on any atom is -0.309 e. The monoisotopic (exact) mass is 836 g/mol. The second-order valence-corrected chi connectivity index (χ2v) is 17.7. The molecule has 0 amide bonds. The quantitative estimate of drug-likeness (QED) is 0.163. The molecule has 0 unspecified atom stereocenters. The van der Waals surface area contributed by atoms with Crippen LogP contribution in [0.25, 0.3) is 133 Å². The summed E-state index contributed by atoms with van der Waals surface area (Å²) in [5.41, 5.74) is 21.8. The van der Waals surface area contributed by atoms with Crippen LogP contribution in [-0.2, 0) is 0 Å². The molecule has 306 valence electrons. The van der Waals surface area contributed by atoms with Crippen molar-refractivity contribution in [2.75, 3.05) is 0 Å². The molecule has 14 rings (SSSR count). The lowest BCUT2D eigenvalue weighted by Gasteiger charge is -2.15. The molecular weight excluding hydrogens is 797 g/mol. The molecule has 11 aromatic carbocycles. The van der Waals surface area contributed by atoms with Gasteiger partial charge in [0.2, 0.25) is 0 Å². The van der Waals surface area contributed by atoms with Crippen LogP contribution in [0, 0.1) is 0 Å². The first-order chi connectivity index (χ1) is 32.7. The molecule has 0 radical (unpaired) electrons. The molecule has 0 N–H and O–H groups in total. The standard InChI is InChI=1S/C64H40N2/c1-3-14-41(15-4-1)46-28-32-62-57(38-46)53-21-10-9-20-52(53)55-23-13-24-56-59-40-48(30-33-63(59)66(62)64(55)56)47-29-31-61-58(39-47)54-22-11-12-25-60(54)65(61)51-36-49(42-16-5-2-6-17-42)35-50(37-51)45-27-26-43-18-7-8-19-44(43)34-45/h1-40H. The van der Waals surface area contributed by atoms with Gasteiger partial charge in [-0.15, -0.1) is 0 Å². The van der Waals surface area contributed by atoms with Crippen LogP contribution in [0.15, 0.2) is 243 Å². The molecule has 0 atom stereocenters. The van der Waals surface area contributed by atoms with Crippen molar-refractivity contribution < 1.29 is 0 Å². The summed E-state index contributed by atoms with van der Waals surface area (Å²) < 4.78 is 4.97. The minimum absolute atomic E-state index is 1.14. The van der Waals surface area contributed by atoms with Crippen LogP contribution in [0.5, 0.6) is 0 Å². The predicted octanol–water partition coefficient (Wildman–Crippen LogP) is 17.3. The Labute approximate surface area is 382 Å². The zero-order chi connectivity index (χ0) is 43.3. The van der Waals surface area contributed by atoms with Gasteiger partial charge in [0.15, 0.2) is 0 Å². The van der Waals surface area contributed by atoms with Crippen LogP contribution in [0.4, 0.5) is 0 Å². The van der Waals surface area contributed by atoms with E-state index in [1.165, 1.54) is 127 Å². The number of benzene rings is 11. The van der Waals surface area contributed by atoms with E-state index in [2.05, 4.69) is 252 Å². The average Bonchev–Trinajstić information content (AvgIpc) is 3.87. The van der Waals surface area contributed by atoms with Gasteiger partial charge >= 0.3 is 0 Å². The fourth-order valence-corrected chi connectivity index (χ4v) is 10.9. The molecule has 1 aliphatic rings. The maximum absolute atomic E-state index is 2.51. The number of rotatable bonds is 5. The second kappa shape index (κ2) is 14.4. The maximum atomic E-state index is 2.51. The third-order valence-corrected chi connectivity index (χ3v) is 14.0. The third-order valence-electron chi connectivity index (χ3n) is 14.0. The van der Waals surface area contributed by atoms with Crippen LogP contribution < -0.4 is 0 Å². The number of hydrogen-bond acceptors (Lipinski definition) is 0. The Morgan fingerprint density at radius 2 is 0.742 bits per heavy atom. The van der Waals surface area contributed by atoms with Crippen molar-refractivity contribution in [3.8, 4) is 78.1 Å². The van der Waals surface area contributed by atoms with Gasteiger partial charge in [0.05, 0.1) is 27.8 Å². The topological polar surface area (TPSA) is 9.86 Å². The molecule has 0 fully saturated rings. The van der Waals surface area contributed by atoms with E-state index in [1.807, 2.05) is 0 Å². The van der Waals surface area contributed by atoms with Crippen molar-refractivity contribution >= 4 is 54.4 Å². The SMILES string of the molecule is c1ccc(-c2cc(-c3ccc4ccccc4c3)cc(-n3c4ccccc4c4cc(-c5ccc6c(c5)c5cccc7c5n6-c5ccc(-c6ccccc6)cc5-c5ccccc5-7)ccc43)c2)cc1. The van der Waals surface area contributed by atoms with Gasteiger partial charge in [-0.05, 0) is 133 Å². The Bertz CT molecular complexity index is 4090. The van der Waals surface area contributed by atoms with E-state index in [1.54, 1.807) is 0 Å². The highest BCUT2D eigenvalue weighted by molar-refractivity contribution is 6.18. The summed E-state index contributed by atoms with van der Waals surface area (Å²) in [6.07, 6.45) is 0. The molecular formula is C64H40N2. The zero-order valence-electron chi connectivity index (χ0n) is 36.0. The van der Waals surface area contributed by atoms with Gasteiger partial charge in [0.25, 0.3) is 0 Å². The maximum Gasteiger partial charge on any atom is 0.0619 e. The van der Waals surface area contributed by atoms with E-state index >= 15 is 0 Å². The van der Waals surface area contributed by atoms with Gasteiger partial charge in [-0.3, -0.25) is 0 Å². The first-order valence-corrected chi connectivity index (χ1v) is 22.8. The van der Waals surface area contributed by atoms with Gasteiger partial charge in [0.1, 0.15) is 0 Å². The van der Waals surface area contributed by atoms with Crippen LogP contribution in [0.2, 0.25) is 0 Å². The fourth-order valence-electron chi connectivity index (χ4n) is 10.9. The number of para-hydroxylation sites is 2. The summed E-state index contributed by atoms with van der Waals surface area (Å²) in [5, 5.41) is 7.47. The molecule has 2 heteroatoms. The number of aromatic nitrogens is 2. The molecule has 0 spiro atoms. The lowest BCUT2D eigenvalue weighted by molar-refractivity contribution is 1.18. The van der Waals surface area contributed by atoms with E-state index in [-0.39, 0.29) is 0 Å². The van der Waals surface area contributed by atoms with E-state index in [4.69, 9.17) is 0 Å². The number of nitrogens with zero attached hydrogens (tertiary/aromatic N) is 2. The highest BCUT2D eigenvalue weighted by Gasteiger charge is 2.25. The molecule has 2 nitrogen and oxygen atoms in total. The van der Waals surface area contributed by atoms with E-state index in [0.29, 0.717) is 0 Å². The van der Waals surface area contributed by atoms with Crippen molar-refractivity contribution in [3.05, 3.63) is 243 Å². The molecule has 2 aromatic heterocycles. The summed E-state index contributed by atoms with van der Waals surface area (Å²) in [6.45, 7) is 0. The van der Waals surface area contributed by atoms with Gasteiger partial charge in [-0.25, -0.2) is 0 Å². The summed E-state index contributed by atoms with van der Waals surface area (Å²) in [7, 11) is 0. The molecule has 3 heterocycles. The number of fused-ring (bicyclic) bond motifs is 12. The largest absolute Gasteiger partial charge is 0.309 e. The van der Waals surface area contributed by atoms with Crippen LogP contribution >= 0.6 is 0 Å². The molecule has 66 heavy (non-hydrogen) atoms. The van der Waals surface area contributed by atoms with Crippen molar-refractivity contribution in [2.45, 2.75) is 0 Å². The van der Waals surface area contributed by atoms with Gasteiger partial charge in [-0.1, -0.05) is 176 Å². The normalized spacial score (nSPS) is 11.9. The van der Waals surface area contributed by atoms with Crippen molar-refractivity contribution in [1.29, 1.82) is 0 Å². The summed E-state index contributed by atoms with van der Waals surface area (Å²) >= 11 is 0. The lowest BCUT2D eigenvalue weighted by atomic mass is 9.91. The van der Waals surface area contributed by atoms with Gasteiger partial charge in [0, 0.05) is 38.4 Å². The third kappa shape index (κ3) is 5.62. The summed E-state index contributed by atoms with van der Waals surface area (Å²) in [4.78, 5) is 0. The number of hydrogen-bond donors (Lipinski definition) is 0. The van der Waals surface area contributed by atoms with Crippen LogP contribution in [-0.4, -0.2) is 9.13 Å². The molecule has 13 aromatic rings. The molecule has 0 aliphatic carbocycles. The van der Waals surface area contributed by atoms with Crippen molar-refractivity contribution in [2.24, 2.45) is 0 Å². The predicted molar refractivity (Wildman–Crippen MR) is 279 cm³/mol. The Balaban J connectivity index is 0.947. The molecule has 0 saturated heterocycles. The van der Waals surface area contributed by atoms with E-state index in [9.17, 15) is 0 Å². The average molecular weight is 837 g/mol. The summed E-state index contributed by atoms with van der Waals surface area (Å²) in [5.74, 6) is 0. The van der Waals surface area contributed by atoms with E-state index in [0.717, 1.165) is 5.69 Å². The first kappa shape index (κ1) is 36.7. The van der Waals surface area contributed by atoms with Gasteiger partial charge < -0.3 is 9.13 Å². The van der Waals surface area contributed by atoms with Crippen LogP contribution in [0.3, 0.4) is 0 Å². The van der Waals surface area contributed by atoms with Crippen LogP contribution in [0.1, 0.15) is 0 Å². The van der Waals surface area contributed by atoms with Crippen molar-refractivity contribution in [3.63, 3.8) is 0 Å². The summed E-state index contributed by atoms with van der Waals surface area (Å²) in [6, 6.07) is 89.7. The highest BCUT2D eigenvalue weighted by atomic mass is 15.0. The Hall–Kier alpha value is -8.72. The molecule has 0 saturated carbocycles. The Kier molecular flexibility index (Phi) is 8.02. The zero-order valence-corrected chi connectivity index (χ0v) is 36.0.